The zero-order valence-corrected chi connectivity index (χ0v) is 18.8. The van der Waals surface area contributed by atoms with E-state index in [0.29, 0.717) is 0 Å². The standard InChI is InChI=1S/C24H21F3N4O4/c1-3-31(24(34)30-29-22(32)16-9-17(25)12-28-11-16)13-15-8-7-14(10-20(15)27)18-5-4-6-19(26)21(18)23(33)35-2/h4-12H,3,13H2,1-2H3,(H,29,32)(H,30,34). The average molecular weight is 486 g/mol. The smallest absolute Gasteiger partial charge is 0.341 e. The molecule has 0 aliphatic carbocycles. The zero-order chi connectivity index (χ0) is 25.5. The van der Waals surface area contributed by atoms with Gasteiger partial charge >= 0.3 is 12.0 Å². The molecule has 2 N–H and O–H groups in total. The number of ether oxygens (including phenoxy) is 1. The molecule has 1 aromatic heterocycles. The quantitative estimate of drug-likeness (QED) is 0.408. The number of aromatic nitrogens is 1. The summed E-state index contributed by atoms with van der Waals surface area (Å²) in [6.07, 6.45) is 2.06. The van der Waals surface area contributed by atoms with Gasteiger partial charge in [-0.1, -0.05) is 24.3 Å². The van der Waals surface area contributed by atoms with E-state index in [1.807, 2.05) is 0 Å². The molecule has 3 amide bonds. The fourth-order valence-corrected chi connectivity index (χ4v) is 3.25. The predicted octanol–water partition coefficient (Wildman–Crippen LogP) is 3.83. The topological polar surface area (TPSA) is 101 Å². The molecule has 8 nitrogen and oxygen atoms in total. The van der Waals surface area contributed by atoms with E-state index in [-0.39, 0.29) is 40.9 Å². The molecule has 3 aromatic rings. The molecule has 0 saturated carbocycles. The Hall–Kier alpha value is -4.41. The first-order valence-electron chi connectivity index (χ1n) is 10.4. The van der Waals surface area contributed by atoms with Gasteiger partial charge in [0, 0.05) is 18.3 Å². The number of urea groups is 1. The van der Waals surface area contributed by atoms with Crippen LogP contribution in [0.3, 0.4) is 0 Å². The number of benzene rings is 2. The third-order valence-electron chi connectivity index (χ3n) is 5.05. The predicted molar refractivity (Wildman–Crippen MR) is 119 cm³/mol. The van der Waals surface area contributed by atoms with Gasteiger partial charge in [-0.15, -0.1) is 0 Å². The van der Waals surface area contributed by atoms with Gasteiger partial charge in [0.2, 0.25) is 0 Å². The van der Waals surface area contributed by atoms with Crippen molar-refractivity contribution in [3.8, 4) is 11.1 Å². The Morgan fingerprint density at radius 2 is 1.77 bits per heavy atom. The number of esters is 1. The number of hydrazine groups is 1. The Morgan fingerprint density at radius 1 is 1.00 bits per heavy atom. The van der Waals surface area contributed by atoms with E-state index in [1.165, 1.54) is 29.2 Å². The van der Waals surface area contributed by atoms with Crippen molar-refractivity contribution >= 4 is 17.9 Å². The highest BCUT2D eigenvalue weighted by Gasteiger charge is 2.20. The number of carbonyl (C=O) groups is 3. The summed E-state index contributed by atoms with van der Waals surface area (Å²) in [4.78, 5) is 41.3. The van der Waals surface area contributed by atoms with Crippen molar-refractivity contribution in [3.63, 3.8) is 0 Å². The lowest BCUT2D eigenvalue weighted by atomic mass is 9.97. The molecule has 3 rings (SSSR count). The second-order valence-electron chi connectivity index (χ2n) is 7.25. The summed E-state index contributed by atoms with van der Waals surface area (Å²) in [6.45, 7) is 1.67. The molecular formula is C24H21F3N4O4. The van der Waals surface area contributed by atoms with Crippen molar-refractivity contribution in [2.45, 2.75) is 13.5 Å². The van der Waals surface area contributed by atoms with Crippen molar-refractivity contribution in [3.05, 3.63) is 89.0 Å². The lowest BCUT2D eigenvalue weighted by Crippen LogP contribution is -2.48. The Balaban J connectivity index is 1.73. The van der Waals surface area contributed by atoms with E-state index < -0.39 is 35.4 Å². The molecule has 35 heavy (non-hydrogen) atoms. The van der Waals surface area contributed by atoms with Crippen molar-refractivity contribution in [2.24, 2.45) is 0 Å². The minimum Gasteiger partial charge on any atom is -0.465 e. The molecule has 2 aromatic carbocycles. The van der Waals surface area contributed by atoms with E-state index >= 15 is 0 Å². The third-order valence-corrected chi connectivity index (χ3v) is 5.05. The van der Waals surface area contributed by atoms with Crippen LogP contribution >= 0.6 is 0 Å². The van der Waals surface area contributed by atoms with Crippen LogP contribution in [0.4, 0.5) is 18.0 Å². The average Bonchev–Trinajstić information content (AvgIpc) is 2.85. The van der Waals surface area contributed by atoms with Crippen LogP contribution in [0, 0.1) is 17.5 Å². The van der Waals surface area contributed by atoms with Gasteiger partial charge in [-0.3, -0.25) is 15.2 Å². The number of nitrogens with zero attached hydrogens (tertiary/aromatic N) is 2. The number of pyridine rings is 1. The van der Waals surface area contributed by atoms with Gasteiger partial charge in [-0.25, -0.2) is 28.2 Å². The summed E-state index contributed by atoms with van der Waals surface area (Å²) in [6, 6.07) is 8.20. The van der Waals surface area contributed by atoms with E-state index in [1.54, 1.807) is 6.92 Å². The summed E-state index contributed by atoms with van der Waals surface area (Å²) in [5.74, 6) is -3.89. The van der Waals surface area contributed by atoms with E-state index in [0.717, 1.165) is 37.7 Å². The highest BCUT2D eigenvalue weighted by atomic mass is 19.1. The van der Waals surface area contributed by atoms with Gasteiger partial charge in [-0.2, -0.15) is 0 Å². The summed E-state index contributed by atoms with van der Waals surface area (Å²) < 4.78 is 47.0. The Labute approximate surface area is 198 Å². The van der Waals surface area contributed by atoms with Crippen LogP contribution in [0.2, 0.25) is 0 Å². The maximum atomic E-state index is 14.9. The monoisotopic (exact) mass is 486 g/mol. The summed E-state index contributed by atoms with van der Waals surface area (Å²) in [7, 11) is 1.12. The molecule has 182 valence electrons. The lowest BCUT2D eigenvalue weighted by Gasteiger charge is -2.22. The van der Waals surface area contributed by atoms with Crippen LogP contribution in [0.5, 0.6) is 0 Å². The molecule has 1 heterocycles. The van der Waals surface area contributed by atoms with Crippen LogP contribution in [-0.2, 0) is 11.3 Å². The van der Waals surface area contributed by atoms with Crippen LogP contribution in [0.15, 0.2) is 54.9 Å². The summed E-state index contributed by atoms with van der Waals surface area (Å²) >= 11 is 0. The molecule has 0 radical (unpaired) electrons. The number of nitrogens with one attached hydrogen (secondary N) is 2. The first kappa shape index (κ1) is 25.2. The third kappa shape index (κ3) is 5.94. The number of rotatable bonds is 6. The highest BCUT2D eigenvalue weighted by molar-refractivity contribution is 5.97. The number of hydrogen-bond donors (Lipinski definition) is 2. The Morgan fingerprint density at radius 3 is 2.43 bits per heavy atom. The van der Waals surface area contributed by atoms with Crippen LogP contribution in [0.25, 0.3) is 11.1 Å². The number of hydrogen-bond acceptors (Lipinski definition) is 5. The zero-order valence-electron chi connectivity index (χ0n) is 18.8. The number of amides is 3. The largest absolute Gasteiger partial charge is 0.465 e. The number of halogens is 3. The summed E-state index contributed by atoms with van der Waals surface area (Å²) in [5.41, 5.74) is 4.45. The molecule has 0 bridgehead atoms. The molecule has 0 aliphatic rings. The van der Waals surface area contributed by atoms with Gasteiger partial charge < -0.3 is 9.64 Å². The van der Waals surface area contributed by atoms with E-state index in [9.17, 15) is 27.6 Å². The summed E-state index contributed by atoms with van der Waals surface area (Å²) in [5, 5.41) is 0. The van der Waals surface area contributed by atoms with Gasteiger partial charge in [-0.05, 0) is 36.2 Å². The molecule has 0 atom stereocenters. The molecule has 0 fully saturated rings. The maximum absolute atomic E-state index is 14.9. The molecule has 0 saturated heterocycles. The Kier molecular flexibility index (Phi) is 8.03. The molecule has 11 heteroatoms. The van der Waals surface area contributed by atoms with Gasteiger partial charge in [0.15, 0.2) is 0 Å². The SMILES string of the molecule is CCN(Cc1ccc(-c2cccc(F)c2C(=O)OC)cc1F)C(=O)NNC(=O)c1cncc(F)c1. The minimum atomic E-state index is -0.896. The maximum Gasteiger partial charge on any atom is 0.341 e. The Bertz CT molecular complexity index is 1270. The second-order valence-corrected chi connectivity index (χ2v) is 7.25. The van der Waals surface area contributed by atoms with E-state index in [4.69, 9.17) is 0 Å². The van der Waals surface area contributed by atoms with Crippen LogP contribution in [-0.4, -0.2) is 41.4 Å². The van der Waals surface area contributed by atoms with Crippen molar-refractivity contribution in [1.82, 2.24) is 20.7 Å². The molecule has 0 aliphatic heterocycles. The van der Waals surface area contributed by atoms with Gasteiger partial charge in [0.05, 0.1) is 25.4 Å². The van der Waals surface area contributed by atoms with Crippen molar-refractivity contribution in [1.29, 1.82) is 0 Å². The van der Waals surface area contributed by atoms with Crippen molar-refractivity contribution in [2.75, 3.05) is 13.7 Å². The van der Waals surface area contributed by atoms with Gasteiger partial charge in [0.25, 0.3) is 5.91 Å². The lowest BCUT2D eigenvalue weighted by molar-refractivity contribution is 0.0596. The fraction of sp³-hybridized carbons (Fsp3) is 0.167. The number of methoxy groups -OCH3 is 1. The second kappa shape index (κ2) is 11.1. The minimum absolute atomic E-state index is 0.0985. The highest BCUT2D eigenvalue weighted by Crippen LogP contribution is 2.28. The normalized spacial score (nSPS) is 10.4. The molecular weight excluding hydrogens is 465 g/mol. The molecule has 0 unspecified atom stereocenters. The van der Waals surface area contributed by atoms with Crippen LogP contribution in [0.1, 0.15) is 33.2 Å². The first-order valence-corrected chi connectivity index (χ1v) is 10.4. The van der Waals surface area contributed by atoms with Gasteiger partial charge in [0.1, 0.15) is 23.0 Å². The van der Waals surface area contributed by atoms with Crippen molar-refractivity contribution < 1.29 is 32.3 Å². The number of carbonyl (C=O) groups excluding carboxylic acids is 3. The first-order chi connectivity index (χ1) is 16.7. The van der Waals surface area contributed by atoms with E-state index in [2.05, 4.69) is 20.6 Å². The van der Waals surface area contributed by atoms with Crippen LogP contribution < -0.4 is 10.9 Å². The molecule has 0 spiro atoms. The fourth-order valence-electron chi connectivity index (χ4n) is 3.25.